The van der Waals surface area contributed by atoms with E-state index in [0.29, 0.717) is 23.7 Å². The van der Waals surface area contributed by atoms with Crippen LogP contribution in [0, 0.1) is 0 Å². The Balaban J connectivity index is 2.27. The summed E-state index contributed by atoms with van der Waals surface area (Å²) in [6.45, 7) is 0. The molecule has 0 aliphatic rings. The van der Waals surface area contributed by atoms with E-state index in [-0.39, 0.29) is 6.42 Å². The Kier molecular flexibility index (Phi) is 2.24. The molecule has 0 radical (unpaired) electrons. The molecule has 0 amide bonds. The van der Waals surface area contributed by atoms with Crippen LogP contribution < -0.4 is 5.73 Å². The summed E-state index contributed by atoms with van der Waals surface area (Å²) in [5.74, 6) is 0.173. The van der Waals surface area contributed by atoms with Crippen molar-refractivity contribution in [1.82, 2.24) is 15.0 Å². The van der Waals surface area contributed by atoms with Gasteiger partial charge in [0, 0.05) is 6.42 Å². The van der Waals surface area contributed by atoms with E-state index in [1.165, 1.54) is 0 Å². The van der Waals surface area contributed by atoms with Crippen molar-refractivity contribution in [3.8, 4) is 0 Å². The lowest BCUT2D eigenvalue weighted by atomic mass is 10.3. The maximum absolute atomic E-state index is 10.4. The molecule has 0 unspecified atom stereocenters. The minimum absolute atomic E-state index is 0.0509. The van der Waals surface area contributed by atoms with Crippen molar-refractivity contribution in [2.45, 2.75) is 12.8 Å². The highest BCUT2D eigenvalue weighted by Crippen LogP contribution is 2.11. The standard InChI is InChI=1S/C9H10N4O2/c10-6-2-1-5-9(12-6)13-7(11-5)3-4-8(14)15/h1-2H,3-4H2,(H,14,15)(H3,10,11,12,13). The van der Waals surface area contributed by atoms with Crippen molar-refractivity contribution in [2.75, 3.05) is 5.73 Å². The van der Waals surface area contributed by atoms with E-state index < -0.39 is 5.97 Å². The molecule has 6 nitrogen and oxygen atoms in total. The van der Waals surface area contributed by atoms with E-state index >= 15 is 0 Å². The Morgan fingerprint density at radius 2 is 2.27 bits per heavy atom. The molecule has 4 N–H and O–H groups in total. The van der Waals surface area contributed by atoms with Gasteiger partial charge in [0.1, 0.15) is 11.6 Å². The lowest BCUT2D eigenvalue weighted by Crippen LogP contribution is -1.98. The fourth-order valence-electron chi connectivity index (χ4n) is 1.30. The Bertz CT molecular complexity index is 506. The van der Waals surface area contributed by atoms with E-state index in [9.17, 15) is 4.79 Å². The predicted octanol–water partition coefficient (Wildman–Crippen LogP) is 0.557. The van der Waals surface area contributed by atoms with E-state index in [0.717, 1.165) is 5.52 Å². The predicted molar refractivity (Wildman–Crippen MR) is 54.3 cm³/mol. The summed E-state index contributed by atoms with van der Waals surface area (Å²) in [6, 6.07) is 3.44. The van der Waals surface area contributed by atoms with Gasteiger partial charge in [-0.25, -0.2) is 9.97 Å². The third-order valence-corrected chi connectivity index (χ3v) is 1.99. The number of hydrogen-bond acceptors (Lipinski definition) is 4. The highest BCUT2D eigenvalue weighted by molar-refractivity contribution is 5.72. The van der Waals surface area contributed by atoms with Gasteiger partial charge in [-0.15, -0.1) is 0 Å². The van der Waals surface area contributed by atoms with Gasteiger partial charge in [-0.05, 0) is 12.1 Å². The number of aryl methyl sites for hydroxylation is 1. The van der Waals surface area contributed by atoms with Crippen LogP contribution in [0.2, 0.25) is 0 Å². The van der Waals surface area contributed by atoms with Crippen molar-refractivity contribution >= 4 is 23.0 Å². The van der Waals surface area contributed by atoms with E-state index in [1.807, 2.05) is 0 Å². The van der Waals surface area contributed by atoms with Gasteiger partial charge in [0.2, 0.25) is 0 Å². The highest BCUT2D eigenvalue weighted by atomic mass is 16.4. The molecule has 0 saturated carbocycles. The molecule has 0 aliphatic heterocycles. The number of nitrogens with two attached hydrogens (primary N) is 1. The summed E-state index contributed by atoms with van der Waals surface area (Å²) in [7, 11) is 0. The Labute approximate surface area is 85.2 Å². The number of aromatic nitrogens is 3. The van der Waals surface area contributed by atoms with Crippen molar-refractivity contribution in [3.05, 3.63) is 18.0 Å². The second-order valence-corrected chi connectivity index (χ2v) is 3.18. The van der Waals surface area contributed by atoms with Gasteiger partial charge < -0.3 is 15.8 Å². The number of carboxylic acid groups (broad SMARTS) is 1. The summed E-state index contributed by atoms with van der Waals surface area (Å²) >= 11 is 0. The largest absolute Gasteiger partial charge is 0.481 e. The number of H-pyrrole nitrogens is 1. The molecule has 0 aromatic carbocycles. The van der Waals surface area contributed by atoms with Crippen LogP contribution in [-0.2, 0) is 11.2 Å². The number of aliphatic carboxylic acids is 1. The number of imidazole rings is 1. The van der Waals surface area contributed by atoms with Crippen LogP contribution in [-0.4, -0.2) is 26.0 Å². The zero-order valence-electron chi connectivity index (χ0n) is 7.90. The van der Waals surface area contributed by atoms with Crippen LogP contribution >= 0.6 is 0 Å². The topological polar surface area (TPSA) is 105 Å². The Morgan fingerprint density at radius 3 is 3.00 bits per heavy atom. The summed E-state index contributed by atoms with van der Waals surface area (Å²) in [5.41, 5.74) is 6.79. The number of nitrogens with one attached hydrogen (secondary N) is 1. The minimum Gasteiger partial charge on any atom is -0.481 e. The molecule has 15 heavy (non-hydrogen) atoms. The maximum atomic E-state index is 10.4. The first-order valence-corrected chi connectivity index (χ1v) is 4.48. The first kappa shape index (κ1) is 9.45. The second kappa shape index (κ2) is 3.56. The molecule has 2 aromatic rings. The molecule has 0 atom stereocenters. The van der Waals surface area contributed by atoms with Crippen LogP contribution in [0.25, 0.3) is 11.2 Å². The number of carbonyl (C=O) groups is 1. The van der Waals surface area contributed by atoms with Gasteiger partial charge in [0.25, 0.3) is 0 Å². The molecule has 0 spiro atoms. The third kappa shape index (κ3) is 2.04. The summed E-state index contributed by atoms with van der Waals surface area (Å²) in [6.07, 6.45) is 0.418. The van der Waals surface area contributed by atoms with Crippen LogP contribution in [0.5, 0.6) is 0 Å². The molecule has 0 bridgehead atoms. The number of hydrogen-bond donors (Lipinski definition) is 3. The minimum atomic E-state index is -0.845. The summed E-state index contributed by atoms with van der Waals surface area (Å²) in [4.78, 5) is 21.5. The van der Waals surface area contributed by atoms with Gasteiger partial charge in [0.05, 0.1) is 11.9 Å². The molecule has 0 fully saturated rings. The maximum Gasteiger partial charge on any atom is 0.303 e. The number of aromatic amines is 1. The number of carboxylic acids is 1. The van der Waals surface area contributed by atoms with Crippen LogP contribution in [0.15, 0.2) is 12.1 Å². The second-order valence-electron chi connectivity index (χ2n) is 3.18. The number of pyridine rings is 1. The quantitative estimate of drug-likeness (QED) is 0.680. The van der Waals surface area contributed by atoms with Crippen LogP contribution in [0.3, 0.4) is 0 Å². The van der Waals surface area contributed by atoms with E-state index in [1.54, 1.807) is 12.1 Å². The highest BCUT2D eigenvalue weighted by Gasteiger charge is 2.05. The monoisotopic (exact) mass is 206 g/mol. The van der Waals surface area contributed by atoms with Gasteiger partial charge >= 0.3 is 5.97 Å². The lowest BCUT2D eigenvalue weighted by Gasteiger charge is -1.89. The summed E-state index contributed by atoms with van der Waals surface area (Å²) in [5, 5.41) is 8.52. The van der Waals surface area contributed by atoms with Crippen LogP contribution in [0.4, 0.5) is 5.82 Å². The van der Waals surface area contributed by atoms with Crippen LogP contribution in [0.1, 0.15) is 12.2 Å². The SMILES string of the molecule is Nc1ccc2[nH]c(CCC(=O)O)nc2n1. The molecule has 0 saturated heterocycles. The molecular weight excluding hydrogens is 196 g/mol. The lowest BCUT2D eigenvalue weighted by molar-refractivity contribution is -0.137. The van der Waals surface area contributed by atoms with Crippen molar-refractivity contribution in [3.63, 3.8) is 0 Å². The normalized spacial score (nSPS) is 10.7. The first-order valence-electron chi connectivity index (χ1n) is 4.48. The average Bonchev–Trinajstić information content (AvgIpc) is 2.56. The molecule has 2 aromatic heterocycles. The number of nitrogens with zero attached hydrogens (tertiary/aromatic N) is 2. The molecular formula is C9H10N4O2. The Morgan fingerprint density at radius 1 is 1.47 bits per heavy atom. The molecule has 2 rings (SSSR count). The number of anilines is 1. The number of rotatable bonds is 3. The zero-order valence-corrected chi connectivity index (χ0v) is 7.90. The number of nitrogen functional groups attached to an aromatic ring is 1. The fourth-order valence-corrected chi connectivity index (χ4v) is 1.30. The molecule has 0 aliphatic carbocycles. The molecule has 78 valence electrons. The average molecular weight is 206 g/mol. The third-order valence-electron chi connectivity index (χ3n) is 1.99. The van der Waals surface area contributed by atoms with E-state index in [4.69, 9.17) is 10.8 Å². The van der Waals surface area contributed by atoms with Crippen molar-refractivity contribution in [2.24, 2.45) is 0 Å². The zero-order chi connectivity index (χ0) is 10.8. The van der Waals surface area contributed by atoms with E-state index in [2.05, 4.69) is 15.0 Å². The van der Waals surface area contributed by atoms with Crippen molar-refractivity contribution < 1.29 is 9.90 Å². The van der Waals surface area contributed by atoms with Gasteiger partial charge in [-0.2, -0.15) is 0 Å². The molecule has 2 heterocycles. The molecule has 6 heteroatoms. The summed E-state index contributed by atoms with van der Waals surface area (Å²) < 4.78 is 0. The van der Waals surface area contributed by atoms with Gasteiger partial charge in [0.15, 0.2) is 5.65 Å². The smallest absolute Gasteiger partial charge is 0.303 e. The fraction of sp³-hybridized carbons (Fsp3) is 0.222. The van der Waals surface area contributed by atoms with Crippen molar-refractivity contribution in [1.29, 1.82) is 0 Å². The number of fused-ring (bicyclic) bond motifs is 1. The Hall–Kier alpha value is -2.11. The van der Waals surface area contributed by atoms with Gasteiger partial charge in [-0.1, -0.05) is 0 Å². The van der Waals surface area contributed by atoms with Gasteiger partial charge in [-0.3, -0.25) is 4.79 Å². The first-order chi connectivity index (χ1) is 7.15.